The first kappa shape index (κ1) is 15.0. The highest BCUT2D eigenvalue weighted by atomic mass is 32.1. The molecule has 1 aromatic heterocycles. The average Bonchev–Trinajstić information content (AvgIpc) is 3.20. The van der Waals surface area contributed by atoms with Crippen molar-refractivity contribution in [3.63, 3.8) is 0 Å². The summed E-state index contributed by atoms with van der Waals surface area (Å²) < 4.78 is 25.2. The number of aromatic nitrogens is 2. The average molecular weight is 335 g/mol. The molecule has 0 aliphatic carbocycles. The molecule has 23 heavy (non-hydrogen) atoms. The smallest absolute Gasteiger partial charge is 0.208 e. The zero-order valence-corrected chi connectivity index (χ0v) is 13.5. The number of ether oxygens (including phenoxy) is 2. The number of hydrogen-bond acceptors (Lipinski definition) is 6. The summed E-state index contributed by atoms with van der Waals surface area (Å²) in [5, 5.41) is 10.2. The molecule has 5 nitrogen and oxygen atoms in total. The van der Waals surface area contributed by atoms with Crippen molar-refractivity contribution in [1.29, 1.82) is 0 Å². The van der Waals surface area contributed by atoms with Gasteiger partial charge in [-0.25, -0.2) is 4.39 Å². The second kappa shape index (κ2) is 6.14. The zero-order chi connectivity index (χ0) is 15.7. The third kappa shape index (κ3) is 3.08. The monoisotopic (exact) mass is 335 g/mol. The van der Waals surface area contributed by atoms with E-state index in [0.29, 0.717) is 25.2 Å². The molecule has 122 valence electrons. The van der Waals surface area contributed by atoms with Crippen LogP contribution in [0.2, 0.25) is 0 Å². The van der Waals surface area contributed by atoms with E-state index in [4.69, 9.17) is 9.47 Å². The van der Waals surface area contributed by atoms with Crippen molar-refractivity contribution < 1.29 is 13.9 Å². The van der Waals surface area contributed by atoms with Crippen LogP contribution >= 0.6 is 11.3 Å². The van der Waals surface area contributed by atoms with Gasteiger partial charge >= 0.3 is 0 Å². The van der Waals surface area contributed by atoms with E-state index in [-0.39, 0.29) is 11.4 Å². The van der Waals surface area contributed by atoms with Crippen molar-refractivity contribution >= 4 is 16.5 Å². The van der Waals surface area contributed by atoms with E-state index < -0.39 is 0 Å². The van der Waals surface area contributed by atoms with Gasteiger partial charge in [0.2, 0.25) is 5.13 Å². The fourth-order valence-electron chi connectivity index (χ4n) is 3.08. The van der Waals surface area contributed by atoms with E-state index in [1.807, 2.05) is 6.07 Å². The van der Waals surface area contributed by atoms with E-state index in [0.717, 1.165) is 36.3 Å². The molecule has 0 N–H and O–H groups in total. The molecule has 2 aromatic rings. The molecule has 2 fully saturated rings. The van der Waals surface area contributed by atoms with Crippen molar-refractivity contribution in [3.8, 4) is 0 Å². The lowest BCUT2D eigenvalue weighted by molar-refractivity contribution is -0.0579. The zero-order valence-electron chi connectivity index (χ0n) is 12.7. The molecule has 0 saturated carbocycles. The van der Waals surface area contributed by atoms with E-state index in [2.05, 4.69) is 15.1 Å². The summed E-state index contributed by atoms with van der Waals surface area (Å²) in [5.74, 6) is -0.197. The SMILES string of the molecule is Fc1ccccc1Cc1nnc(N2CCOC3(CCOC3)C2)s1. The van der Waals surface area contributed by atoms with Gasteiger partial charge in [0.05, 0.1) is 19.8 Å². The summed E-state index contributed by atoms with van der Waals surface area (Å²) in [6.45, 7) is 3.65. The van der Waals surface area contributed by atoms with Crippen molar-refractivity contribution in [1.82, 2.24) is 10.2 Å². The third-order valence-corrected chi connectivity index (χ3v) is 5.33. The second-order valence-electron chi connectivity index (χ2n) is 6.00. The largest absolute Gasteiger partial charge is 0.378 e. The van der Waals surface area contributed by atoms with Crippen LogP contribution in [0.3, 0.4) is 0 Å². The van der Waals surface area contributed by atoms with Gasteiger partial charge in [-0.2, -0.15) is 0 Å². The molecule has 1 aromatic carbocycles. The summed E-state index contributed by atoms with van der Waals surface area (Å²) in [7, 11) is 0. The topological polar surface area (TPSA) is 47.5 Å². The molecular weight excluding hydrogens is 317 g/mol. The highest BCUT2D eigenvalue weighted by Gasteiger charge is 2.41. The highest BCUT2D eigenvalue weighted by Crippen LogP contribution is 2.31. The van der Waals surface area contributed by atoms with Gasteiger partial charge in [0.25, 0.3) is 0 Å². The Morgan fingerprint density at radius 2 is 2.17 bits per heavy atom. The third-order valence-electron chi connectivity index (χ3n) is 4.34. The van der Waals surface area contributed by atoms with Crippen LogP contribution in [-0.2, 0) is 15.9 Å². The Labute approximate surface area is 138 Å². The highest BCUT2D eigenvalue weighted by molar-refractivity contribution is 7.15. The summed E-state index contributed by atoms with van der Waals surface area (Å²) >= 11 is 1.53. The summed E-state index contributed by atoms with van der Waals surface area (Å²) in [4.78, 5) is 2.21. The first-order valence-electron chi connectivity index (χ1n) is 7.77. The van der Waals surface area contributed by atoms with Gasteiger partial charge in [-0.3, -0.25) is 0 Å². The maximum Gasteiger partial charge on any atom is 0.208 e. The number of halogens is 1. The van der Waals surface area contributed by atoms with Crippen LogP contribution in [0.15, 0.2) is 24.3 Å². The van der Waals surface area contributed by atoms with Crippen LogP contribution < -0.4 is 4.90 Å². The van der Waals surface area contributed by atoms with Crippen molar-refractivity contribution in [2.45, 2.75) is 18.4 Å². The second-order valence-corrected chi connectivity index (χ2v) is 7.04. The molecule has 2 aliphatic heterocycles. The molecule has 4 rings (SSSR count). The lowest BCUT2D eigenvalue weighted by atomic mass is 10.0. The Hall–Kier alpha value is -1.57. The van der Waals surface area contributed by atoms with E-state index in [9.17, 15) is 4.39 Å². The fraction of sp³-hybridized carbons (Fsp3) is 0.500. The Balaban J connectivity index is 1.48. The van der Waals surface area contributed by atoms with Crippen molar-refractivity contribution in [2.75, 3.05) is 37.8 Å². The normalized spacial score (nSPS) is 24.5. The molecule has 2 saturated heterocycles. The Kier molecular flexibility index (Phi) is 4.00. The minimum absolute atomic E-state index is 0.197. The maximum atomic E-state index is 13.8. The number of hydrogen-bond donors (Lipinski definition) is 0. The Bertz CT molecular complexity index is 687. The number of nitrogens with zero attached hydrogens (tertiary/aromatic N) is 3. The first-order chi connectivity index (χ1) is 11.2. The van der Waals surface area contributed by atoms with Crippen LogP contribution in [-0.4, -0.2) is 48.7 Å². The molecule has 0 amide bonds. The number of morpholine rings is 1. The van der Waals surface area contributed by atoms with Gasteiger partial charge in [0.15, 0.2) is 0 Å². The number of benzene rings is 1. The van der Waals surface area contributed by atoms with Gasteiger partial charge in [0, 0.05) is 26.0 Å². The van der Waals surface area contributed by atoms with E-state index in [1.165, 1.54) is 17.4 Å². The molecule has 2 aliphatic rings. The molecule has 0 radical (unpaired) electrons. The molecular formula is C16H18FN3O2S. The molecule has 1 unspecified atom stereocenters. The van der Waals surface area contributed by atoms with E-state index in [1.54, 1.807) is 12.1 Å². The van der Waals surface area contributed by atoms with Crippen molar-refractivity contribution in [2.24, 2.45) is 0 Å². The van der Waals surface area contributed by atoms with Crippen LogP contribution in [0.25, 0.3) is 0 Å². The van der Waals surface area contributed by atoms with Gasteiger partial charge in [0.1, 0.15) is 16.4 Å². The quantitative estimate of drug-likeness (QED) is 0.861. The minimum atomic E-state index is -0.199. The predicted octanol–water partition coefficient (Wildman–Crippen LogP) is 2.26. The van der Waals surface area contributed by atoms with Gasteiger partial charge in [-0.1, -0.05) is 29.5 Å². The van der Waals surface area contributed by atoms with Crippen LogP contribution in [0.5, 0.6) is 0 Å². The number of anilines is 1. The minimum Gasteiger partial charge on any atom is -0.378 e. The van der Waals surface area contributed by atoms with Gasteiger partial charge < -0.3 is 14.4 Å². The molecule has 1 atom stereocenters. The number of rotatable bonds is 3. The van der Waals surface area contributed by atoms with Crippen LogP contribution in [0.4, 0.5) is 9.52 Å². The fourth-order valence-corrected chi connectivity index (χ4v) is 3.97. The Morgan fingerprint density at radius 3 is 3.00 bits per heavy atom. The summed E-state index contributed by atoms with van der Waals surface area (Å²) in [5.41, 5.74) is 0.452. The Morgan fingerprint density at radius 1 is 1.26 bits per heavy atom. The molecule has 0 bridgehead atoms. The molecule has 3 heterocycles. The molecule has 1 spiro atoms. The van der Waals surface area contributed by atoms with Gasteiger partial charge in [-0.05, 0) is 11.6 Å². The van der Waals surface area contributed by atoms with E-state index >= 15 is 0 Å². The predicted molar refractivity (Wildman–Crippen MR) is 85.4 cm³/mol. The van der Waals surface area contributed by atoms with Gasteiger partial charge in [-0.15, -0.1) is 10.2 Å². The first-order valence-corrected chi connectivity index (χ1v) is 8.58. The summed E-state index contributed by atoms with van der Waals surface area (Å²) in [6, 6.07) is 6.80. The van der Waals surface area contributed by atoms with Crippen LogP contribution in [0, 0.1) is 5.82 Å². The summed E-state index contributed by atoms with van der Waals surface area (Å²) in [6.07, 6.45) is 1.40. The lowest BCUT2D eigenvalue weighted by Crippen LogP contribution is -2.52. The van der Waals surface area contributed by atoms with Crippen LogP contribution in [0.1, 0.15) is 17.0 Å². The standard InChI is InChI=1S/C16H18FN3O2S/c17-13-4-2-1-3-12(13)9-14-18-19-15(23-14)20-6-8-22-16(10-20)5-7-21-11-16/h1-4H,5-11H2. The molecule has 7 heteroatoms. The lowest BCUT2D eigenvalue weighted by Gasteiger charge is -2.39. The maximum absolute atomic E-state index is 13.8. The van der Waals surface area contributed by atoms with Crippen molar-refractivity contribution in [3.05, 3.63) is 40.7 Å².